The maximum Gasteiger partial charge on any atom is 0.299 e. The van der Waals surface area contributed by atoms with E-state index in [0.717, 1.165) is 22.2 Å². The number of benzene rings is 2. The van der Waals surface area contributed by atoms with E-state index in [2.05, 4.69) is 4.84 Å². The van der Waals surface area contributed by atoms with E-state index in [0.29, 0.717) is 34.1 Å². The van der Waals surface area contributed by atoms with Crippen molar-refractivity contribution < 1.29 is 46.1 Å². The third-order valence-electron chi connectivity index (χ3n) is 4.23. The van der Waals surface area contributed by atoms with E-state index in [1.807, 2.05) is 0 Å². The van der Waals surface area contributed by atoms with E-state index < -0.39 is 25.3 Å². The molecule has 0 saturated carbocycles. The Morgan fingerprint density at radius 1 is 0.838 bits per heavy atom. The lowest BCUT2D eigenvalue weighted by atomic mass is 10.2. The minimum Gasteiger partial charge on any atom is -0.398 e. The molecular weight excluding hydrogens is 572 g/mol. The monoisotopic (exact) mass is 600 g/mol. The summed E-state index contributed by atoms with van der Waals surface area (Å²) in [6.07, 6.45) is 0.563. The Kier molecular flexibility index (Phi) is 14.2. The SMILES string of the molecule is Nc1cc(CO)ccc1SCCCS(=O)(=O)O.O=[N+]([O-])Oc1cc(CO)ccc1SCCCS(=O)(=O)O. The zero-order chi connectivity index (χ0) is 28.1. The number of nitrogen functional groups attached to an aromatic ring is 1. The van der Waals surface area contributed by atoms with E-state index in [4.69, 9.17) is 25.1 Å². The lowest BCUT2D eigenvalue weighted by Gasteiger charge is -2.08. The molecule has 2 aromatic carbocycles. The normalized spacial score (nSPS) is 11.5. The van der Waals surface area contributed by atoms with Crippen molar-refractivity contribution in [2.24, 2.45) is 0 Å². The second-order valence-corrected chi connectivity index (χ2v) is 12.7. The van der Waals surface area contributed by atoms with Gasteiger partial charge in [0.2, 0.25) is 0 Å². The predicted octanol–water partition coefficient (Wildman–Crippen LogP) is 2.25. The second-order valence-electron chi connectivity index (χ2n) is 7.26. The van der Waals surface area contributed by atoms with Crippen LogP contribution in [0.2, 0.25) is 0 Å². The highest BCUT2D eigenvalue weighted by Gasteiger charge is 2.10. The number of nitrogens with two attached hydrogens (primary N) is 1. The van der Waals surface area contributed by atoms with Gasteiger partial charge in [0.15, 0.2) is 0 Å². The average molecular weight is 601 g/mol. The van der Waals surface area contributed by atoms with Crippen molar-refractivity contribution in [3.05, 3.63) is 57.6 Å². The lowest BCUT2D eigenvalue weighted by molar-refractivity contribution is -0.711. The molecule has 0 saturated heterocycles. The maximum absolute atomic E-state index is 10.5. The van der Waals surface area contributed by atoms with Gasteiger partial charge in [-0.1, -0.05) is 12.1 Å². The molecule has 0 spiro atoms. The van der Waals surface area contributed by atoms with Crippen molar-refractivity contribution in [1.29, 1.82) is 0 Å². The molecule has 0 unspecified atom stereocenters. The molecule has 0 bridgehead atoms. The zero-order valence-corrected chi connectivity index (χ0v) is 22.7. The summed E-state index contributed by atoms with van der Waals surface area (Å²) in [6.45, 7) is -0.334. The highest BCUT2D eigenvalue weighted by atomic mass is 32.2. The fourth-order valence-corrected chi connectivity index (χ4v) is 5.79. The fourth-order valence-electron chi connectivity index (χ4n) is 2.60. The van der Waals surface area contributed by atoms with Gasteiger partial charge in [-0.2, -0.15) is 16.8 Å². The smallest absolute Gasteiger partial charge is 0.299 e. The molecule has 0 radical (unpaired) electrons. The number of hydrogen-bond acceptors (Lipinski definition) is 12. The first kappa shape index (κ1) is 32.9. The number of thioether (sulfide) groups is 2. The Morgan fingerprint density at radius 3 is 1.73 bits per heavy atom. The molecule has 17 heteroatoms. The Balaban J connectivity index is 0.000000375. The van der Waals surface area contributed by atoms with Crippen LogP contribution in [0.5, 0.6) is 5.75 Å². The topological polar surface area (TPSA) is 228 Å². The first-order valence-corrected chi connectivity index (χ1v) is 15.6. The van der Waals surface area contributed by atoms with Gasteiger partial charge in [-0.15, -0.1) is 33.6 Å². The van der Waals surface area contributed by atoms with E-state index in [9.17, 15) is 26.9 Å². The predicted molar refractivity (Wildman–Crippen MR) is 140 cm³/mol. The number of hydrogen-bond donors (Lipinski definition) is 5. The van der Waals surface area contributed by atoms with Crippen LogP contribution in [0.3, 0.4) is 0 Å². The zero-order valence-electron chi connectivity index (χ0n) is 19.4. The van der Waals surface area contributed by atoms with Crippen molar-refractivity contribution in [3.8, 4) is 5.75 Å². The Morgan fingerprint density at radius 2 is 1.30 bits per heavy atom. The van der Waals surface area contributed by atoms with Gasteiger partial charge in [-0.3, -0.25) is 13.9 Å². The molecule has 2 aromatic rings. The average Bonchev–Trinajstić information content (AvgIpc) is 2.79. The van der Waals surface area contributed by atoms with E-state index in [-0.39, 0.29) is 36.9 Å². The number of nitrogens with zero attached hydrogens (tertiary/aromatic N) is 1. The molecule has 0 heterocycles. The van der Waals surface area contributed by atoms with Crippen LogP contribution in [-0.4, -0.2) is 64.3 Å². The molecule has 208 valence electrons. The molecule has 0 fully saturated rings. The largest absolute Gasteiger partial charge is 0.398 e. The third kappa shape index (κ3) is 15.0. The molecule has 0 aliphatic rings. The summed E-state index contributed by atoms with van der Waals surface area (Å²) in [5, 5.41) is 27.3. The standard InChI is InChI=1S/C10H13NO7S2.C10H15NO4S2/c12-7-8-2-3-10(9(6-8)18-11(13)14)19-4-1-5-20(15,16)17;11-9-6-8(7-12)2-3-10(9)16-4-1-5-17(13,14)15/h2-3,6,12H,1,4-5,7H2,(H,15,16,17);2-3,6,12H,1,4-5,7,11H2,(H,13,14,15). The molecule has 37 heavy (non-hydrogen) atoms. The van der Waals surface area contributed by atoms with Gasteiger partial charge in [0, 0.05) is 15.5 Å². The van der Waals surface area contributed by atoms with Crippen molar-refractivity contribution in [3.63, 3.8) is 0 Å². The summed E-state index contributed by atoms with van der Waals surface area (Å²) in [4.78, 5) is 16.1. The number of rotatable bonds is 14. The van der Waals surface area contributed by atoms with Gasteiger partial charge < -0.3 is 15.9 Å². The van der Waals surface area contributed by atoms with Gasteiger partial charge in [-0.25, -0.2) is 0 Å². The van der Waals surface area contributed by atoms with Crippen LogP contribution in [0.4, 0.5) is 5.69 Å². The number of aliphatic hydroxyl groups excluding tert-OH is 2. The van der Waals surface area contributed by atoms with Crippen molar-refractivity contribution in [2.75, 3.05) is 28.7 Å². The molecule has 0 amide bonds. The summed E-state index contributed by atoms with van der Waals surface area (Å²) in [6, 6.07) is 9.71. The fraction of sp³-hybridized carbons (Fsp3) is 0.400. The van der Waals surface area contributed by atoms with Gasteiger partial charge in [0.25, 0.3) is 25.3 Å². The van der Waals surface area contributed by atoms with E-state index >= 15 is 0 Å². The summed E-state index contributed by atoms with van der Waals surface area (Å²) in [5.74, 6) is 0.266. The summed E-state index contributed by atoms with van der Waals surface area (Å²) in [7, 11) is -7.88. The summed E-state index contributed by atoms with van der Waals surface area (Å²) < 4.78 is 59.2. The first-order chi connectivity index (χ1) is 17.2. The van der Waals surface area contributed by atoms with Crippen LogP contribution in [-0.2, 0) is 33.5 Å². The van der Waals surface area contributed by atoms with Gasteiger partial charge in [-0.05, 0) is 59.7 Å². The van der Waals surface area contributed by atoms with Crippen LogP contribution in [0.15, 0.2) is 46.2 Å². The van der Waals surface area contributed by atoms with Crippen LogP contribution in [0, 0.1) is 10.1 Å². The van der Waals surface area contributed by atoms with E-state index in [1.165, 1.54) is 17.8 Å². The third-order valence-corrected chi connectivity index (χ3v) is 8.15. The number of anilines is 1. The Hall–Kier alpha value is -2.12. The van der Waals surface area contributed by atoms with Crippen molar-refractivity contribution in [1.82, 2.24) is 0 Å². The molecule has 6 N–H and O–H groups in total. The molecule has 0 aliphatic carbocycles. The highest BCUT2D eigenvalue weighted by Crippen LogP contribution is 2.31. The summed E-state index contributed by atoms with van der Waals surface area (Å²) in [5.41, 5.74) is 7.53. The molecule has 0 atom stereocenters. The van der Waals surface area contributed by atoms with Gasteiger partial charge in [0.05, 0.1) is 24.7 Å². The minimum atomic E-state index is -4.00. The summed E-state index contributed by atoms with van der Waals surface area (Å²) >= 11 is 2.59. The van der Waals surface area contributed by atoms with E-state index in [1.54, 1.807) is 30.3 Å². The quantitative estimate of drug-likeness (QED) is 0.0523. The second kappa shape index (κ2) is 16.0. The van der Waals surface area contributed by atoms with Gasteiger partial charge >= 0.3 is 0 Å². The molecule has 0 aromatic heterocycles. The Labute approximate surface area is 223 Å². The molecule has 2 rings (SSSR count). The minimum absolute atomic E-state index is 0.0154. The van der Waals surface area contributed by atoms with Gasteiger partial charge in [0.1, 0.15) is 5.75 Å². The lowest BCUT2D eigenvalue weighted by Crippen LogP contribution is -2.06. The number of aliphatic hydroxyl groups is 2. The van der Waals surface area contributed by atoms with Crippen LogP contribution in [0.25, 0.3) is 0 Å². The first-order valence-electron chi connectivity index (χ1n) is 10.5. The Bertz CT molecular complexity index is 1240. The van der Waals surface area contributed by atoms with Crippen molar-refractivity contribution >= 4 is 49.4 Å². The van der Waals surface area contributed by atoms with Crippen LogP contribution < -0.4 is 10.6 Å². The molecule has 0 aliphatic heterocycles. The van der Waals surface area contributed by atoms with Crippen molar-refractivity contribution in [2.45, 2.75) is 35.8 Å². The molecule has 13 nitrogen and oxygen atoms in total. The molecular formula is C20H28N2O11S4. The van der Waals surface area contributed by atoms with Crippen LogP contribution >= 0.6 is 23.5 Å². The maximum atomic E-state index is 10.5. The van der Waals surface area contributed by atoms with Crippen LogP contribution in [0.1, 0.15) is 24.0 Å². The highest BCUT2D eigenvalue weighted by molar-refractivity contribution is 7.99.